The smallest absolute Gasteiger partial charge is 0.0460 e. The van der Waals surface area contributed by atoms with Gasteiger partial charge in [-0.1, -0.05) is 29.8 Å². The molecular formula is C15H19ClN2S. The van der Waals surface area contributed by atoms with Crippen LogP contribution in [0.15, 0.2) is 35.7 Å². The number of rotatable bonds is 6. The summed E-state index contributed by atoms with van der Waals surface area (Å²) < 4.78 is 0. The quantitative estimate of drug-likeness (QED) is 0.618. The Balaban J connectivity index is 1.93. The maximum atomic E-state index is 6.16. The van der Waals surface area contributed by atoms with Gasteiger partial charge in [0.2, 0.25) is 0 Å². The van der Waals surface area contributed by atoms with E-state index in [-0.39, 0.29) is 6.04 Å². The van der Waals surface area contributed by atoms with Crippen LogP contribution in [0.1, 0.15) is 34.9 Å². The summed E-state index contributed by atoms with van der Waals surface area (Å²) in [5.74, 6) is 5.66. The molecule has 0 spiro atoms. The fourth-order valence-electron chi connectivity index (χ4n) is 2.11. The predicted molar refractivity (Wildman–Crippen MR) is 83.5 cm³/mol. The highest BCUT2D eigenvalue weighted by Gasteiger charge is 2.10. The van der Waals surface area contributed by atoms with Gasteiger partial charge in [0.05, 0.1) is 0 Å². The van der Waals surface area contributed by atoms with Gasteiger partial charge in [-0.15, -0.1) is 11.3 Å². The van der Waals surface area contributed by atoms with E-state index in [9.17, 15) is 0 Å². The van der Waals surface area contributed by atoms with Crippen LogP contribution in [-0.2, 0) is 6.42 Å². The van der Waals surface area contributed by atoms with Crippen molar-refractivity contribution in [2.75, 3.05) is 0 Å². The van der Waals surface area contributed by atoms with Crippen LogP contribution in [0.2, 0.25) is 5.02 Å². The first kappa shape index (κ1) is 14.5. The number of hydrogen-bond donors (Lipinski definition) is 2. The first-order chi connectivity index (χ1) is 9.20. The van der Waals surface area contributed by atoms with Crippen molar-refractivity contribution >= 4 is 22.9 Å². The normalized spacial score (nSPS) is 12.6. The molecule has 0 aliphatic carbocycles. The molecule has 2 nitrogen and oxygen atoms in total. The lowest BCUT2D eigenvalue weighted by atomic mass is 10.0. The summed E-state index contributed by atoms with van der Waals surface area (Å²) in [5.41, 5.74) is 5.14. The highest BCUT2D eigenvalue weighted by Crippen LogP contribution is 2.24. The standard InChI is InChI=1S/C15H19ClN2S/c1-11-7-8-12(10-14(11)16)15(18-17)6-2-4-13-5-3-9-19-13/h3,5,7-10,15,18H,2,4,6,17H2,1H3. The van der Waals surface area contributed by atoms with E-state index < -0.39 is 0 Å². The van der Waals surface area contributed by atoms with Gasteiger partial charge >= 0.3 is 0 Å². The Morgan fingerprint density at radius 3 is 2.84 bits per heavy atom. The van der Waals surface area contributed by atoms with Gasteiger partial charge in [0, 0.05) is 15.9 Å². The molecule has 4 heteroatoms. The van der Waals surface area contributed by atoms with Crippen LogP contribution < -0.4 is 11.3 Å². The zero-order valence-electron chi connectivity index (χ0n) is 11.0. The minimum atomic E-state index is 0.165. The highest BCUT2D eigenvalue weighted by molar-refractivity contribution is 7.09. The van der Waals surface area contributed by atoms with Gasteiger partial charge in [-0.25, -0.2) is 0 Å². The van der Waals surface area contributed by atoms with Crippen LogP contribution >= 0.6 is 22.9 Å². The second-order valence-electron chi connectivity index (χ2n) is 4.70. The van der Waals surface area contributed by atoms with Gasteiger partial charge in [-0.3, -0.25) is 11.3 Å². The van der Waals surface area contributed by atoms with Crippen molar-refractivity contribution in [2.24, 2.45) is 5.84 Å². The lowest BCUT2D eigenvalue weighted by molar-refractivity contribution is 0.499. The first-order valence-electron chi connectivity index (χ1n) is 6.45. The molecule has 0 amide bonds. The van der Waals surface area contributed by atoms with Crippen molar-refractivity contribution in [1.82, 2.24) is 5.43 Å². The fraction of sp³-hybridized carbons (Fsp3) is 0.333. The average molecular weight is 295 g/mol. The Bertz CT molecular complexity index is 511. The van der Waals surface area contributed by atoms with E-state index in [0.29, 0.717) is 0 Å². The number of nitrogens with two attached hydrogens (primary N) is 1. The predicted octanol–water partition coefficient (Wildman–Crippen LogP) is 4.24. The molecule has 1 unspecified atom stereocenters. The molecule has 1 heterocycles. The van der Waals surface area contributed by atoms with E-state index in [2.05, 4.69) is 29.0 Å². The molecule has 1 aromatic heterocycles. The number of benzene rings is 1. The SMILES string of the molecule is Cc1ccc(C(CCCc2cccs2)NN)cc1Cl. The molecule has 1 atom stereocenters. The van der Waals surface area contributed by atoms with E-state index in [0.717, 1.165) is 35.4 Å². The second kappa shape index (κ2) is 7.06. The summed E-state index contributed by atoms with van der Waals surface area (Å²) >= 11 is 7.97. The van der Waals surface area contributed by atoms with Crippen LogP contribution in [0, 0.1) is 6.92 Å². The van der Waals surface area contributed by atoms with Crippen molar-refractivity contribution in [3.63, 3.8) is 0 Å². The molecular weight excluding hydrogens is 276 g/mol. The Kier molecular flexibility index (Phi) is 5.40. The third-order valence-electron chi connectivity index (χ3n) is 3.30. The Morgan fingerprint density at radius 2 is 2.21 bits per heavy atom. The minimum absolute atomic E-state index is 0.165. The maximum absolute atomic E-state index is 6.16. The molecule has 19 heavy (non-hydrogen) atoms. The van der Waals surface area contributed by atoms with E-state index in [1.807, 2.05) is 30.4 Å². The van der Waals surface area contributed by atoms with Crippen LogP contribution in [0.5, 0.6) is 0 Å². The molecule has 2 rings (SSSR count). The summed E-state index contributed by atoms with van der Waals surface area (Å²) in [5, 5.41) is 2.92. The lowest BCUT2D eigenvalue weighted by Gasteiger charge is -2.17. The molecule has 0 aliphatic heterocycles. The number of hydrogen-bond acceptors (Lipinski definition) is 3. The monoisotopic (exact) mass is 294 g/mol. The van der Waals surface area contributed by atoms with Gasteiger partial charge in [-0.05, 0) is 54.8 Å². The van der Waals surface area contributed by atoms with Crippen molar-refractivity contribution in [2.45, 2.75) is 32.2 Å². The van der Waals surface area contributed by atoms with Gasteiger partial charge < -0.3 is 0 Å². The third kappa shape index (κ3) is 4.05. The van der Waals surface area contributed by atoms with E-state index in [1.54, 1.807) is 0 Å². The topological polar surface area (TPSA) is 38.0 Å². The van der Waals surface area contributed by atoms with Gasteiger partial charge in [-0.2, -0.15) is 0 Å². The molecule has 1 aromatic carbocycles. The number of nitrogens with one attached hydrogen (secondary N) is 1. The lowest BCUT2D eigenvalue weighted by Crippen LogP contribution is -2.28. The van der Waals surface area contributed by atoms with Gasteiger partial charge in [0.25, 0.3) is 0 Å². The molecule has 102 valence electrons. The Labute approximate surface area is 123 Å². The van der Waals surface area contributed by atoms with Crippen molar-refractivity contribution in [1.29, 1.82) is 0 Å². The zero-order valence-corrected chi connectivity index (χ0v) is 12.6. The summed E-state index contributed by atoms with van der Waals surface area (Å²) in [6.45, 7) is 2.01. The van der Waals surface area contributed by atoms with Crippen LogP contribution in [-0.4, -0.2) is 0 Å². The Morgan fingerprint density at radius 1 is 1.37 bits per heavy atom. The van der Waals surface area contributed by atoms with E-state index >= 15 is 0 Å². The van der Waals surface area contributed by atoms with Gasteiger partial charge in [0.15, 0.2) is 0 Å². The molecule has 0 radical (unpaired) electrons. The third-order valence-corrected chi connectivity index (χ3v) is 4.64. The van der Waals surface area contributed by atoms with E-state index in [1.165, 1.54) is 4.88 Å². The van der Waals surface area contributed by atoms with Crippen molar-refractivity contribution in [3.05, 3.63) is 56.7 Å². The number of aryl methyl sites for hydroxylation is 2. The molecule has 0 fully saturated rings. The molecule has 0 aliphatic rings. The summed E-state index contributed by atoms with van der Waals surface area (Å²) in [6.07, 6.45) is 3.23. The van der Waals surface area contributed by atoms with Crippen molar-refractivity contribution in [3.8, 4) is 0 Å². The molecule has 0 saturated carbocycles. The molecule has 0 saturated heterocycles. The van der Waals surface area contributed by atoms with Crippen molar-refractivity contribution < 1.29 is 0 Å². The summed E-state index contributed by atoms with van der Waals surface area (Å²) in [6, 6.07) is 10.6. The summed E-state index contributed by atoms with van der Waals surface area (Å²) in [7, 11) is 0. The molecule has 3 N–H and O–H groups in total. The van der Waals surface area contributed by atoms with Crippen LogP contribution in [0.25, 0.3) is 0 Å². The highest BCUT2D eigenvalue weighted by atomic mass is 35.5. The largest absolute Gasteiger partial charge is 0.271 e. The number of thiophene rings is 1. The second-order valence-corrected chi connectivity index (χ2v) is 6.14. The Hall–Kier alpha value is -0.870. The fourth-order valence-corrected chi connectivity index (χ4v) is 3.05. The molecule has 0 bridgehead atoms. The first-order valence-corrected chi connectivity index (χ1v) is 7.71. The van der Waals surface area contributed by atoms with Crippen LogP contribution in [0.3, 0.4) is 0 Å². The maximum Gasteiger partial charge on any atom is 0.0460 e. The average Bonchev–Trinajstić information content (AvgIpc) is 2.91. The number of halogens is 1. The van der Waals surface area contributed by atoms with Gasteiger partial charge in [0.1, 0.15) is 0 Å². The van der Waals surface area contributed by atoms with E-state index in [4.69, 9.17) is 17.4 Å². The minimum Gasteiger partial charge on any atom is -0.271 e. The zero-order chi connectivity index (χ0) is 13.7. The number of hydrazine groups is 1. The van der Waals surface area contributed by atoms with Crippen LogP contribution in [0.4, 0.5) is 0 Å². The summed E-state index contributed by atoms with van der Waals surface area (Å²) in [4.78, 5) is 1.43. The molecule has 2 aromatic rings.